The van der Waals surface area contributed by atoms with Crippen molar-refractivity contribution in [2.45, 2.75) is 0 Å². The molecule has 5 heteroatoms. The fraction of sp³-hybridized carbons (Fsp3) is 0. The van der Waals surface area contributed by atoms with Gasteiger partial charge in [-0.25, -0.2) is 4.98 Å². The first kappa shape index (κ1) is 8.49. The van der Waals surface area contributed by atoms with Crippen molar-refractivity contribution in [1.82, 2.24) is 9.97 Å². The first-order valence-electron chi connectivity index (χ1n) is 3.61. The van der Waals surface area contributed by atoms with E-state index in [1.54, 1.807) is 6.33 Å². The number of benzene rings is 1. The highest BCUT2D eigenvalue weighted by atomic mass is 127. The topological polar surface area (TPSA) is 71.8 Å². The van der Waals surface area contributed by atoms with Gasteiger partial charge in [0.15, 0.2) is 0 Å². The molecule has 0 saturated carbocycles. The Bertz CT molecular complexity index is 477. The number of rotatable bonds is 1. The van der Waals surface area contributed by atoms with Crippen LogP contribution in [0.5, 0.6) is 0 Å². The second-order valence-electron chi connectivity index (χ2n) is 2.59. The summed E-state index contributed by atoms with van der Waals surface area (Å²) in [6, 6.07) is 3.71. The minimum atomic E-state index is -0.442. The molecule has 0 aliphatic rings. The van der Waals surface area contributed by atoms with Gasteiger partial charge in [-0.15, -0.1) is 0 Å². The monoisotopic (exact) mass is 287 g/mol. The third kappa shape index (κ3) is 1.28. The number of hydrogen-bond donors (Lipinski definition) is 2. The number of carbonyl (C=O) groups excluding carboxylic acids is 1. The maximum absolute atomic E-state index is 11.1. The summed E-state index contributed by atoms with van der Waals surface area (Å²) in [6.45, 7) is 0. The van der Waals surface area contributed by atoms with E-state index in [0.717, 1.165) is 9.09 Å². The van der Waals surface area contributed by atoms with Crippen LogP contribution in [0.1, 0.15) is 10.4 Å². The summed E-state index contributed by atoms with van der Waals surface area (Å²) in [5, 5.41) is 0. The molecule has 1 heterocycles. The van der Waals surface area contributed by atoms with Crippen LogP contribution in [-0.2, 0) is 0 Å². The lowest BCUT2D eigenvalue weighted by Crippen LogP contribution is -2.13. The summed E-state index contributed by atoms with van der Waals surface area (Å²) in [6.07, 6.45) is 1.55. The molecular formula is C8H6IN3O. The number of carbonyl (C=O) groups is 1. The van der Waals surface area contributed by atoms with Crippen molar-refractivity contribution in [1.29, 1.82) is 0 Å². The van der Waals surface area contributed by atoms with Crippen LogP contribution in [0.25, 0.3) is 11.0 Å². The predicted molar refractivity (Wildman–Crippen MR) is 57.3 cm³/mol. The van der Waals surface area contributed by atoms with Crippen LogP contribution < -0.4 is 5.73 Å². The van der Waals surface area contributed by atoms with Gasteiger partial charge in [-0.2, -0.15) is 0 Å². The lowest BCUT2D eigenvalue weighted by molar-refractivity contribution is 0.100. The fourth-order valence-electron chi connectivity index (χ4n) is 1.22. The van der Waals surface area contributed by atoms with Crippen molar-refractivity contribution >= 4 is 39.5 Å². The van der Waals surface area contributed by atoms with Crippen LogP contribution in [-0.4, -0.2) is 15.9 Å². The lowest BCUT2D eigenvalue weighted by atomic mass is 10.2. The Morgan fingerprint density at radius 1 is 1.54 bits per heavy atom. The zero-order valence-corrected chi connectivity index (χ0v) is 8.70. The van der Waals surface area contributed by atoms with E-state index in [1.165, 1.54) is 0 Å². The van der Waals surface area contributed by atoms with Crippen molar-refractivity contribution in [2.75, 3.05) is 0 Å². The molecular weight excluding hydrogens is 281 g/mol. The van der Waals surface area contributed by atoms with Gasteiger partial charge in [0, 0.05) is 3.57 Å². The number of nitrogens with one attached hydrogen (secondary N) is 1. The zero-order valence-electron chi connectivity index (χ0n) is 6.54. The molecule has 2 aromatic rings. The van der Waals surface area contributed by atoms with Crippen molar-refractivity contribution in [3.63, 3.8) is 0 Å². The molecule has 0 saturated heterocycles. The van der Waals surface area contributed by atoms with E-state index in [2.05, 4.69) is 32.6 Å². The molecule has 0 aliphatic heterocycles. The van der Waals surface area contributed by atoms with Crippen LogP contribution >= 0.6 is 22.6 Å². The number of aromatic amines is 1. The Hall–Kier alpha value is -1.11. The first-order valence-corrected chi connectivity index (χ1v) is 4.69. The normalized spacial score (nSPS) is 10.5. The van der Waals surface area contributed by atoms with Crippen molar-refractivity contribution in [3.8, 4) is 0 Å². The molecule has 0 aliphatic carbocycles. The number of aromatic nitrogens is 2. The quantitative estimate of drug-likeness (QED) is 0.775. The van der Waals surface area contributed by atoms with Crippen LogP contribution in [0.4, 0.5) is 0 Å². The lowest BCUT2D eigenvalue weighted by Gasteiger charge is -1.99. The minimum Gasteiger partial charge on any atom is -0.365 e. The maximum atomic E-state index is 11.1. The summed E-state index contributed by atoms with van der Waals surface area (Å²) in [5.74, 6) is -0.442. The summed E-state index contributed by atoms with van der Waals surface area (Å²) < 4.78 is 0.824. The number of primary amides is 1. The first-order chi connectivity index (χ1) is 6.20. The molecule has 0 fully saturated rings. The van der Waals surface area contributed by atoms with Gasteiger partial charge in [0.25, 0.3) is 5.91 Å². The van der Waals surface area contributed by atoms with E-state index in [0.29, 0.717) is 11.1 Å². The second-order valence-corrected chi connectivity index (χ2v) is 3.75. The molecule has 0 radical (unpaired) electrons. The second kappa shape index (κ2) is 2.99. The van der Waals surface area contributed by atoms with Crippen molar-refractivity contribution in [3.05, 3.63) is 27.6 Å². The molecule has 13 heavy (non-hydrogen) atoms. The molecule has 4 nitrogen and oxygen atoms in total. The van der Waals surface area contributed by atoms with E-state index in [4.69, 9.17) is 5.73 Å². The number of amides is 1. The molecule has 2 rings (SSSR count). The van der Waals surface area contributed by atoms with Gasteiger partial charge in [0.05, 0.1) is 17.4 Å². The summed E-state index contributed by atoms with van der Waals surface area (Å²) in [5.41, 5.74) is 7.19. The molecule has 0 unspecified atom stereocenters. The van der Waals surface area contributed by atoms with Crippen molar-refractivity contribution < 1.29 is 4.79 Å². The van der Waals surface area contributed by atoms with E-state index in [-0.39, 0.29) is 0 Å². The molecule has 1 aromatic heterocycles. The van der Waals surface area contributed by atoms with Gasteiger partial charge in [-0.1, -0.05) is 0 Å². The zero-order chi connectivity index (χ0) is 9.42. The molecule has 3 N–H and O–H groups in total. The molecule has 1 aromatic carbocycles. The number of halogens is 1. The molecule has 0 spiro atoms. The highest BCUT2D eigenvalue weighted by Gasteiger charge is 2.12. The minimum absolute atomic E-state index is 0.442. The SMILES string of the molecule is NC(=O)c1c(I)ccc2[nH]cnc12. The Kier molecular flexibility index (Phi) is 1.95. The van der Waals surface area contributed by atoms with Gasteiger partial charge in [0.2, 0.25) is 0 Å². The Labute approximate surface area is 87.7 Å². The van der Waals surface area contributed by atoms with Gasteiger partial charge in [-0.3, -0.25) is 4.79 Å². The van der Waals surface area contributed by atoms with Gasteiger partial charge in [0.1, 0.15) is 5.52 Å². The van der Waals surface area contributed by atoms with Crippen LogP contribution in [0.2, 0.25) is 0 Å². The number of imidazole rings is 1. The number of H-pyrrole nitrogens is 1. The third-order valence-electron chi connectivity index (χ3n) is 1.79. The van der Waals surface area contributed by atoms with Gasteiger partial charge >= 0.3 is 0 Å². The summed E-state index contributed by atoms with van der Waals surface area (Å²) in [4.78, 5) is 18.1. The van der Waals surface area contributed by atoms with Crippen LogP contribution in [0.3, 0.4) is 0 Å². The highest BCUT2D eigenvalue weighted by molar-refractivity contribution is 14.1. The fourth-order valence-corrected chi connectivity index (χ4v) is 1.92. The number of fused-ring (bicyclic) bond motifs is 1. The largest absolute Gasteiger partial charge is 0.365 e. The Balaban J connectivity index is 2.88. The third-order valence-corrected chi connectivity index (χ3v) is 2.69. The van der Waals surface area contributed by atoms with Crippen LogP contribution in [0, 0.1) is 3.57 Å². The number of hydrogen-bond acceptors (Lipinski definition) is 2. The average Bonchev–Trinajstić information content (AvgIpc) is 2.50. The maximum Gasteiger partial charge on any atom is 0.252 e. The average molecular weight is 287 g/mol. The molecule has 66 valence electrons. The number of nitrogens with zero attached hydrogens (tertiary/aromatic N) is 1. The molecule has 0 atom stereocenters. The predicted octanol–water partition coefficient (Wildman–Crippen LogP) is 1.27. The van der Waals surface area contributed by atoms with E-state index in [9.17, 15) is 4.79 Å². The summed E-state index contributed by atoms with van der Waals surface area (Å²) in [7, 11) is 0. The van der Waals surface area contributed by atoms with E-state index < -0.39 is 5.91 Å². The van der Waals surface area contributed by atoms with Gasteiger partial charge < -0.3 is 10.7 Å². The van der Waals surface area contributed by atoms with Gasteiger partial charge in [-0.05, 0) is 34.7 Å². The highest BCUT2D eigenvalue weighted by Crippen LogP contribution is 2.20. The van der Waals surface area contributed by atoms with Crippen molar-refractivity contribution in [2.24, 2.45) is 5.73 Å². The van der Waals surface area contributed by atoms with Crippen LogP contribution in [0.15, 0.2) is 18.5 Å². The molecule has 1 amide bonds. The van der Waals surface area contributed by atoms with E-state index in [1.807, 2.05) is 12.1 Å². The smallest absolute Gasteiger partial charge is 0.252 e. The summed E-state index contributed by atoms with van der Waals surface area (Å²) >= 11 is 2.07. The standard InChI is InChI=1S/C8H6IN3O/c9-4-1-2-5-7(12-3-11-5)6(4)8(10)13/h1-3H,(H2,10,13)(H,11,12). The van der Waals surface area contributed by atoms with E-state index >= 15 is 0 Å². The Morgan fingerprint density at radius 3 is 3.00 bits per heavy atom. The molecule has 0 bridgehead atoms. The number of nitrogens with two attached hydrogens (primary N) is 1. The Morgan fingerprint density at radius 2 is 2.31 bits per heavy atom.